The second-order valence-corrected chi connectivity index (χ2v) is 8.78. The number of amides is 2. The van der Waals surface area contributed by atoms with Crippen LogP contribution >= 0.6 is 0 Å². The Morgan fingerprint density at radius 2 is 2.00 bits per heavy atom. The molecule has 1 aromatic carbocycles. The first-order chi connectivity index (χ1) is 15.8. The molecule has 1 aliphatic rings. The van der Waals surface area contributed by atoms with Gasteiger partial charge in [0.1, 0.15) is 11.6 Å². The largest absolute Gasteiger partial charge is 0.369 e. The lowest BCUT2D eigenvalue weighted by Gasteiger charge is -2.31. The fourth-order valence-corrected chi connectivity index (χ4v) is 4.43. The minimum Gasteiger partial charge on any atom is -0.369 e. The predicted molar refractivity (Wildman–Crippen MR) is 130 cm³/mol. The van der Waals surface area contributed by atoms with E-state index in [4.69, 9.17) is 5.73 Å². The highest BCUT2D eigenvalue weighted by atomic mass is 16.2. The van der Waals surface area contributed by atoms with Gasteiger partial charge >= 0.3 is 0 Å². The number of primary amides is 1. The predicted octanol–water partition coefficient (Wildman–Crippen LogP) is 3.76. The lowest BCUT2D eigenvalue weighted by Crippen LogP contribution is -2.40. The average Bonchev–Trinajstić information content (AvgIpc) is 3.06. The van der Waals surface area contributed by atoms with Gasteiger partial charge in [-0.15, -0.1) is 0 Å². The Balaban J connectivity index is 1.65. The van der Waals surface area contributed by atoms with Gasteiger partial charge in [0.15, 0.2) is 0 Å². The molecular weight excluding hydrogens is 414 g/mol. The number of anilines is 1. The number of aromatic nitrogens is 1. The number of nitriles is 1. The third-order valence-electron chi connectivity index (χ3n) is 6.25. The molecule has 1 aliphatic heterocycles. The van der Waals surface area contributed by atoms with Crippen molar-refractivity contribution in [3.05, 3.63) is 58.4 Å². The van der Waals surface area contributed by atoms with E-state index in [1.54, 1.807) is 6.08 Å². The molecule has 1 unspecified atom stereocenters. The van der Waals surface area contributed by atoms with Crippen LogP contribution in [0.4, 0.5) is 5.69 Å². The molecule has 1 aromatic heterocycles. The third-order valence-corrected chi connectivity index (χ3v) is 6.25. The van der Waals surface area contributed by atoms with Gasteiger partial charge in [0, 0.05) is 36.7 Å². The van der Waals surface area contributed by atoms with Crippen LogP contribution in [0.5, 0.6) is 0 Å². The lowest BCUT2D eigenvalue weighted by atomic mass is 9.97. The Bertz CT molecular complexity index is 1080. The minimum atomic E-state index is -0.425. The second kappa shape index (κ2) is 11.0. The van der Waals surface area contributed by atoms with E-state index in [-0.39, 0.29) is 17.4 Å². The van der Waals surface area contributed by atoms with Crippen LogP contribution in [0.15, 0.2) is 35.9 Å². The van der Waals surface area contributed by atoms with Gasteiger partial charge in [-0.1, -0.05) is 19.1 Å². The molecular formula is C26H33N5O2. The molecule has 7 nitrogen and oxygen atoms in total. The van der Waals surface area contributed by atoms with Gasteiger partial charge in [-0.2, -0.15) is 5.26 Å². The molecule has 0 bridgehead atoms. The lowest BCUT2D eigenvalue weighted by molar-refractivity contribution is -0.123. The summed E-state index contributed by atoms with van der Waals surface area (Å²) in [7, 11) is 0. The maximum atomic E-state index is 12.7. The van der Waals surface area contributed by atoms with E-state index in [1.165, 1.54) is 0 Å². The normalized spacial score (nSPS) is 16.9. The molecule has 174 valence electrons. The number of benzene rings is 1. The van der Waals surface area contributed by atoms with E-state index in [0.29, 0.717) is 12.2 Å². The first-order valence-electron chi connectivity index (χ1n) is 11.5. The highest BCUT2D eigenvalue weighted by Crippen LogP contribution is 2.21. The van der Waals surface area contributed by atoms with Crippen LogP contribution in [-0.2, 0) is 22.7 Å². The molecule has 1 saturated heterocycles. The Labute approximate surface area is 195 Å². The maximum Gasteiger partial charge on any atom is 0.266 e. The molecule has 0 radical (unpaired) electrons. The van der Waals surface area contributed by atoms with Gasteiger partial charge < -0.3 is 15.6 Å². The molecule has 0 saturated carbocycles. The number of hydrogen-bond acceptors (Lipinski definition) is 4. The van der Waals surface area contributed by atoms with Crippen molar-refractivity contribution in [3.63, 3.8) is 0 Å². The Morgan fingerprint density at radius 1 is 1.27 bits per heavy atom. The van der Waals surface area contributed by atoms with Crippen molar-refractivity contribution < 1.29 is 9.59 Å². The molecule has 2 heterocycles. The van der Waals surface area contributed by atoms with Gasteiger partial charge in [0.2, 0.25) is 5.91 Å². The maximum absolute atomic E-state index is 12.7. The first kappa shape index (κ1) is 24.3. The highest BCUT2D eigenvalue weighted by Gasteiger charge is 2.23. The zero-order valence-electron chi connectivity index (χ0n) is 19.7. The zero-order chi connectivity index (χ0) is 24.0. The summed E-state index contributed by atoms with van der Waals surface area (Å²) in [4.78, 5) is 26.4. The summed E-state index contributed by atoms with van der Waals surface area (Å²) in [5, 5.41) is 12.4. The van der Waals surface area contributed by atoms with Crippen molar-refractivity contribution in [1.29, 1.82) is 5.26 Å². The van der Waals surface area contributed by atoms with E-state index in [9.17, 15) is 14.9 Å². The van der Waals surface area contributed by atoms with E-state index < -0.39 is 5.91 Å². The van der Waals surface area contributed by atoms with Crippen molar-refractivity contribution in [2.24, 2.45) is 11.7 Å². The molecule has 3 rings (SSSR count). The SMILES string of the molecule is CCCn1c(C)cc(/C=C(/C#N)C(=O)Nc2ccc(CN3CCCC(C(N)=O)C3)cc2)c1C. The van der Waals surface area contributed by atoms with Crippen molar-refractivity contribution >= 4 is 23.6 Å². The number of nitrogens with one attached hydrogen (secondary N) is 1. The highest BCUT2D eigenvalue weighted by molar-refractivity contribution is 6.09. The number of likely N-dealkylation sites (tertiary alicyclic amines) is 1. The van der Waals surface area contributed by atoms with Gasteiger partial charge in [-0.05, 0) is 75.1 Å². The zero-order valence-corrected chi connectivity index (χ0v) is 19.7. The van der Waals surface area contributed by atoms with E-state index >= 15 is 0 Å². The number of nitrogens with zero attached hydrogens (tertiary/aromatic N) is 3. The van der Waals surface area contributed by atoms with Gasteiger partial charge in [-0.25, -0.2) is 0 Å². The molecule has 1 fully saturated rings. The van der Waals surface area contributed by atoms with E-state index in [1.807, 2.05) is 50.2 Å². The van der Waals surface area contributed by atoms with Crippen molar-refractivity contribution in [1.82, 2.24) is 9.47 Å². The van der Waals surface area contributed by atoms with Crippen LogP contribution in [0.2, 0.25) is 0 Å². The summed E-state index contributed by atoms with van der Waals surface area (Å²) in [5.74, 6) is -0.739. The van der Waals surface area contributed by atoms with Gasteiger partial charge in [0.25, 0.3) is 5.91 Å². The fraction of sp³-hybridized carbons (Fsp3) is 0.423. The first-order valence-corrected chi connectivity index (χ1v) is 11.5. The average molecular weight is 448 g/mol. The number of carbonyl (C=O) groups excluding carboxylic acids is 2. The van der Waals surface area contributed by atoms with Crippen LogP contribution in [0, 0.1) is 31.1 Å². The Hall–Kier alpha value is -3.37. The molecule has 0 spiro atoms. The molecule has 2 aromatic rings. The molecule has 3 N–H and O–H groups in total. The van der Waals surface area contributed by atoms with Crippen LogP contribution in [-0.4, -0.2) is 34.4 Å². The number of aryl methyl sites for hydroxylation is 1. The van der Waals surface area contributed by atoms with Gasteiger partial charge in [0.05, 0.1) is 5.92 Å². The summed E-state index contributed by atoms with van der Waals surface area (Å²) in [6, 6.07) is 11.6. The number of hydrogen-bond donors (Lipinski definition) is 2. The van der Waals surface area contributed by atoms with Crippen LogP contribution in [0.1, 0.15) is 48.7 Å². The standard InChI is InChI=1S/C26H33N5O2/c1-4-11-31-18(2)13-22(19(31)3)14-23(15-27)26(33)29-24-9-7-20(8-10-24)16-30-12-5-6-21(17-30)25(28)32/h7-10,13-14,21H,4-6,11-12,16-17H2,1-3H3,(H2,28,32)(H,29,33)/b23-14-. The number of nitrogens with two attached hydrogens (primary N) is 1. The number of carbonyl (C=O) groups is 2. The summed E-state index contributed by atoms with van der Waals surface area (Å²) >= 11 is 0. The molecule has 2 amide bonds. The molecule has 0 aliphatic carbocycles. The van der Waals surface area contributed by atoms with E-state index in [0.717, 1.165) is 61.4 Å². The van der Waals surface area contributed by atoms with Crippen molar-refractivity contribution in [2.45, 2.75) is 53.1 Å². The van der Waals surface area contributed by atoms with Crippen molar-refractivity contribution in [2.75, 3.05) is 18.4 Å². The minimum absolute atomic E-state index is 0.0710. The van der Waals surface area contributed by atoms with Crippen molar-refractivity contribution in [3.8, 4) is 6.07 Å². The summed E-state index contributed by atoms with van der Waals surface area (Å²) in [6.45, 7) is 9.43. The van der Waals surface area contributed by atoms with Gasteiger partial charge in [-0.3, -0.25) is 14.5 Å². The number of rotatable bonds is 8. The van der Waals surface area contributed by atoms with Crippen LogP contribution in [0.3, 0.4) is 0 Å². The fourth-order valence-electron chi connectivity index (χ4n) is 4.43. The van der Waals surface area contributed by atoms with Crippen LogP contribution in [0.25, 0.3) is 6.08 Å². The summed E-state index contributed by atoms with van der Waals surface area (Å²) < 4.78 is 2.20. The monoisotopic (exact) mass is 447 g/mol. The third kappa shape index (κ3) is 6.11. The summed E-state index contributed by atoms with van der Waals surface area (Å²) in [5.41, 5.74) is 10.3. The molecule has 7 heteroatoms. The molecule has 1 atom stereocenters. The Kier molecular flexibility index (Phi) is 8.07. The topological polar surface area (TPSA) is 104 Å². The van der Waals surface area contributed by atoms with Crippen LogP contribution < -0.4 is 11.1 Å². The summed E-state index contributed by atoms with van der Waals surface area (Å²) in [6.07, 6.45) is 4.49. The molecule has 33 heavy (non-hydrogen) atoms. The smallest absolute Gasteiger partial charge is 0.266 e. The quantitative estimate of drug-likeness (QED) is 0.475. The van der Waals surface area contributed by atoms with E-state index in [2.05, 4.69) is 21.7 Å². The number of piperidine rings is 1. The second-order valence-electron chi connectivity index (χ2n) is 8.78. The Morgan fingerprint density at radius 3 is 2.64 bits per heavy atom.